The molecule has 0 saturated carbocycles. The van der Waals surface area contributed by atoms with Crippen molar-refractivity contribution in [2.75, 3.05) is 13.2 Å². The van der Waals surface area contributed by atoms with Crippen LogP contribution in [0.15, 0.2) is 12.2 Å². The third-order valence-electron chi connectivity index (χ3n) is 16.8. The molecule has 6 heteroatoms. The number of esters is 3. The Morgan fingerprint density at radius 3 is 0.658 bits per heavy atom. The third kappa shape index (κ3) is 66.8. The zero-order chi connectivity index (χ0) is 57.1. The van der Waals surface area contributed by atoms with Crippen molar-refractivity contribution in [3.05, 3.63) is 12.2 Å². The molecular weight excluding hydrogens is 973 g/mol. The van der Waals surface area contributed by atoms with Crippen LogP contribution in [0.3, 0.4) is 0 Å². The van der Waals surface area contributed by atoms with Gasteiger partial charge >= 0.3 is 17.9 Å². The maximum Gasteiger partial charge on any atom is 0.306 e. The largest absolute Gasteiger partial charge is 0.462 e. The fourth-order valence-corrected chi connectivity index (χ4v) is 11.3. The average Bonchev–Trinajstić information content (AvgIpc) is 3.45. The molecule has 6 nitrogen and oxygen atoms in total. The summed E-state index contributed by atoms with van der Waals surface area (Å²) in [6.45, 7) is 6.70. The lowest BCUT2D eigenvalue weighted by Crippen LogP contribution is -2.30. The van der Waals surface area contributed by atoms with Gasteiger partial charge in [-0.25, -0.2) is 0 Å². The highest BCUT2D eigenvalue weighted by Gasteiger charge is 2.19. The molecule has 0 saturated heterocycles. The second-order valence-electron chi connectivity index (χ2n) is 24.9. The Balaban J connectivity index is 4.09. The van der Waals surface area contributed by atoms with Crippen LogP contribution in [-0.4, -0.2) is 37.2 Å². The molecule has 0 aliphatic carbocycles. The van der Waals surface area contributed by atoms with Gasteiger partial charge in [-0.15, -0.1) is 0 Å². The Bertz CT molecular complexity index is 1230. The standard InChI is InChI=1S/C73H140O6/c1-4-7-10-13-16-19-22-25-27-29-31-32-33-34-35-36-37-38-39-40-41-42-43-45-46-48-51-54-57-60-63-66-72(75)78-69-70(68-77-71(74)65-62-59-56-53-50-24-21-18-15-12-9-6-3)79-73(76)67-64-61-58-55-52-49-47-44-30-28-26-23-20-17-14-11-8-5-2/h18,21,70H,4-17,19-20,22-69H2,1-3H3/b21-18-. The zero-order valence-electron chi connectivity index (χ0n) is 53.9. The van der Waals surface area contributed by atoms with E-state index in [1.54, 1.807) is 0 Å². The van der Waals surface area contributed by atoms with Gasteiger partial charge in [-0.1, -0.05) is 367 Å². The Hall–Kier alpha value is -1.85. The van der Waals surface area contributed by atoms with Crippen LogP contribution in [0.2, 0.25) is 0 Å². The Kier molecular flexibility index (Phi) is 67.0. The first-order chi connectivity index (χ1) is 39.0. The van der Waals surface area contributed by atoms with E-state index in [9.17, 15) is 14.4 Å². The first-order valence-electron chi connectivity index (χ1n) is 36.2. The summed E-state index contributed by atoms with van der Waals surface area (Å²) in [6, 6.07) is 0. The molecule has 0 radical (unpaired) electrons. The summed E-state index contributed by atoms with van der Waals surface area (Å²) in [5.74, 6) is -0.842. The molecule has 0 aromatic carbocycles. The van der Waals surface area contributed by atoms with Gasteiger partial charge in [0.2, 0.25) is 0 Å². The quantitative estimate of drug-likeness (QED) is 0.0261. The molecular formula is C73H140O6. The molecule has 0 aliphatic heterocycles. The smallest absolute Gasteiger partial charge is 0.306 e. The van der Waals surface area contributed by atoms with E-state index in [0.717, 1.165) is 64.2 Å². The van der Waals surface area contributed by atoms with Crippen LogP contribution >= 0.6 is 0 Å². The van der Waals surface area contributed by atoms with Crippen LogP contribution < -0.4 is 0 Å². The van der Waals surface area contributed by atoms with E-state index < -0.39 is 6.10 Å². The molecule has 0 aromatic rings. The number of carbonyl (C=O) groups excluding carboxylic acids is 3. The van der Waals surface area contributed by atoms with E-state index in [1.807, 2.05) is 0 Å². The minimum atomic E-state index is -0.769. The molecule has 0 bridgehead atoms. The second-order valence-corrected chi connectivity index (χ2v) is 24.9. The van der Waals surface area contributed by atoms with Crippen LogP contribution in [0, 0.1) is 0 Å². The van der Waals surface area contributed by atoms with Gasteiger partial charge in [-0.2, -0.15) is 0 Å². The van der Waals surface area contributed by atoms with Gasteiger partial charge in [0.1, 0.15) is 13.2 Å². The van der Waals surface area contributed by atoms with E-state index in [-0.39, 0.29) is 31.1 Å². The van der Waals surface area contributed by atoms with E-state index in [0.29, 0.717) is 19.3 Å². The van der Waals surface area contributed by atoms with Crippen molar-refractivity contribution < 1.29 is 28.6 Å². The van der Waals surface area contributed by atoms with Crippen LogP contribution in [0.5, 0.6) is 0 Å². The zero-order valence-corrected chi connectivity index (χ0v) is 53.9. The molecule has 0 aromatic heterocycles. The minimum Gasteiger partial charge on any atom is -0.462 e. The summed E-state index contributed by atoms with van der Waals surface area (Å²) < 4.78 is 17.0. The molecule has 1 unspecified atom stereocenters. The van der Waals surface area contributed by atoms with Gasteiger partial charge in [0.25, 0.3) is 0 Å². The number of hydrogen-bond donors (Lipinski definition) is 0. The van der Waals surface area contributed by atoms with Gasteiger partial charge in [0.15, 0.2) is 6.10 Å². The Labute approximate surface area is 494 Å². The molecule has 79 heavy (non-hydrogen) atoms. The molecule has 0 fully saturated rings. The summed E-state index contributed by atoms with van der Waals surface area (Å²) in [4.78, 5) is 38.4. The summed E-state index contributed by atoms with van der Waals surface area (Å²) in [6.07, 6.45) is 82.7. The van der Waals surface area contributed by atoms with Crippen molar-refractivity contribution in [1.82, 2.24) is 0 Å². The topological polar surface area (TPSA) is 78.9 Å². The lowest BCUT2D eigenvalue weighted by molar-refractivity contribution is -0.167. The molecule has 0 N–H and O–H groups in total. The average molecular weight is 1110 g/mol. The number of ether oxygens (including phenoxy) is 3. The highest BCUT2D eigenvalue weighted by Crippen LogP contribution is 2.19. The molecule has 0 rings (SSSR count). The van der Waals surface area contributed by atoms with E-state index in [2.05, 4.69) is 32.9 Å². The second kappa shape index (κ2) is 68.6. The molecule has 0 aliphatic rings. The maximum atomic E-state index is 12.9. The lowest BCUT2D eigenvalue weighted by Gasteiger charge is -2.18. The van der Waals surface area contributed by atoms with Crippen molar-refractivity contribution in [2.45, 2.75) is 425 Å². The van der Waals surface area contributed by atoms with Crippen LogP contribution in [0.4, 0.5) is 0 Å². The minimum absolute atomic E-state index is 0.0658. The molecule has 1 atom stereocenters. The fourth-order valence-electron chi connectivity index (χ4n) is 11.3. The van der Waals surface area contributed by atoms with Gasteiger partial charge in [0.05, 0.1) is 0 Å². The molecule has 0 spiro atoms. The SMILES string of the molecule is CCCCC/C=C\CCCCCCCC(=O)OCC(COC(=O)CCCCCCCCCCCCCCCCCCCCCCCCCCCCCCCCC)OC(=O)CCCCCCCCCCCCCCCCCCCC. The molecule has 468 valence electrons. The van der Waals surface area contributed by atoms with Crippen molar-refractivity contribution in [2.24, 2.45) is 0 Å². The van der Waals surface area contributed by atoms with Crippen LogP contribution in [-0.2, 0) is 28.6 Å². The van der Waals surface area contributed by atoms with Crippen molar-refractivity contribution >= 4 is 17.9 Å². The summed E-state index contributed by atoms with van der Waals surface area (Å²) in [5.41, 5.74) is 0. The number of rotatable bonds is 68. The molecule has 0 heterocycles. The highest BCUT2D eigenvalue weighted by molar-refractivity contribution is 5.71. The maximum absolute atomic E-state index is 12.9. The fraction of sp³-hybridized carbons (Fsp3) is 0.932. The van der Waals surface area contributed by atoms with Crippen molar-refractivity contribution in [1.29, 1.82) is 0 Å². The Morgan fingerprint density at radius 2 is 0.418 bits per heavy atom. The van der Waals surface area contributed by atoms with E-state index >= 15 is 0 Å². The van der Waals surface area contributed by atoms with Crippen molar-refractivity contribution in [3.8, 4) is 0 Å². The third-order valence-corrected chi connectivity index (χ3v) is 16.8. The van der Waals surface area contributed by atoms with Gasteiger partial charge < -0.3 is 14.2 Å². The van der Waals surface area contributed by atoms with E-state index in [1.165, 1.54) is 315 Å². The lowest BCUT2D eigenvalue weighted by atomic mass is 10.0. The van der Waals surface area contributed by atoms with Crippen LogP contribution in [0.25, 0.3) is 0 Å². The number of unbranched alkanes of at least 4 members (excludes halogenated alkanes) is 55. The van der Waals surface area contributed by atoms with Crippen LogP contribution in [0.1, 0.15) is 419 Å². The molecule has 0 amide bonds. The summed E-state index contributed by atoms with van der Waals surface area (Å²) >= 11 is 0. The van der Waals surface area contributed by atoms with Crippen molar-refractivity contribution in [3.63, 3.8) is 0 Å². The Morgan fingerprint density at radius 1 is 0.241 bits per heavy atom. The normalized spacial score (nSPS) is 12.0. The first kappa shape index (κ1) is 77.2. The highest BCUT2D eigenvalue weighted by atomic mass is 16.6. The van der Waals surface area contributed by atoms with Gasteiger partial charge in [-0.05, 0) is 44.9 Å². The van der Waals surface area contributed by atoms with Gasteiger partial charge in [-0.3, -0.25) is 14.4 Å². The summed E-state index contributed by atoms with van der Waals surface area (Å²) in [5, 5.41) is 0. The predicted octanol–water partition coefficient (Wildman–Crippen LogP) is 24.8. The first-order valence-corrected chi connectivity index (χ1v) is 36.2. The number of carbonyl (C=O) groups is 3. The number of allylic oxidation sites excluding steroid dienone is 2. The van der Waals surface area contributed by atoms with Gasteiger partial charge in [0, 0.05) is 19.3 Å². The predicted molar refractivity (Wildman–Crippen MR) is 344 cm³/mol. The number of hydrogen-bond acceptors (Lipinski definition) is 6. The van der Waals surface area contributed by atoms with E-state index in [4.69, 9.17) is 14.2 Å². The monoisotopic (exact) mass is 1110 g/mol. The summed E-state index contributed by atoms with van der Waals surface area (Å²) in [7, 11) is 0.